The van der Waals surface area contributed by atoms with Gasteiger partial charge in [0.15, 0.2) is 0 Å². The van der Waals surface area contributed by atoms with E-state index in [9.17, 15) is 9.90 Å². The first-order valence-corrected chi connectivity index (χ1v) is 8.17. The van der Waals surface area contributed by atoms with E-state index in [1.54, 1.807) is 24.1 Å². The van der Waals surface area contributed by atoms with Gasteiger partial charge in [-0.3, -0.25) is 14.4 Å². The molecule has 0 unspecified atom stereocenters. The summed E-state index contributed by atoms with van der Waals surface area (Å²) in [5, 5.41) is 17.1. The molecule has 0 radical (unpaired) electrons. The van der Waals surface area contributed by atoms with Crippen molar-refractivity contribution in [3.63, 3.8) is 0 Å². The zero-order valence-corrected chi connectivity index (χ0v) is 14.4. The smallest absolute Gasteiger partial charge is 0.258 e. The van der Waals surface area contributed by atoms with Crippen LogP contribution in [0.1, 0.15) is 35.3 Å². The summed E-state index contributed by atoms with van der Waals surface area (Å²) in [5.41, 5.74) is 3.10. The fourth-order valence-electron chi connectivity index (χ4n) is 3.20. The Hall–Kier alpha value is -2.18. The molecule has 0 saturated carbocycles. The Morgan fingerprint density at radius 1 is 1.42 bits per heavy atom. The maximum Gasteiger partial charge on any atom is 0.258 e. The van der Waals surface area contributed by atoms with Gasteiger partial charge >= 0.3 is 0 Å². The Morgan fingerprint density at radius 2 is 2.21 bits per heavy atom. The number of nitrogens with one attached hydrogen (secondary N) is 1. The Kier molecular flexibility index (Phi) is 4.43. The molecule has 1 aromatic heterocycles. The number of amides is 1. The Morgan fingerprint density at radius 3 is 2.88 bits per heavy atom. The highest BCUT2D eigenvalue weighted by Crippen LogP contribution is 2.27. The largest absolute Gasteiger partial charge is 0.389 e. The number of hydrogen-bond donors (Lipinski definition) is 2. The van der Waals surface area contributed by atoms with Gasteiger partial charge in [0.25, 0.3) is 5.91 Å². The van der Waals surface area contributed by atoms with E-state index in [-0.39, 0.29) is 5.91 Å². The lowest BCUT2D eigenvalue weighted by Gasteiger charge is -2.33. The minimum Gasteiger partial charge on any atom is -0.389 e. The maximum atomic E-state index is 12.4. The fourth-order valence-corrected chi connectivity index (χ4v) is 3.20. The number of nitrogens with zero attached hydrogens (tertiary/aromatic N) is 3. The lowest BCUT2D eigenvalue weighted by atomic mass is 9.96. The van der Waals surface area contributed by atoms with Crippen molar-refractivity contribution in [2.24, 2.45) is 7.05 Å². The lowest BCUT2D eigenvalue weighted by molar-refractivity contribution is 0.0318. The first kappa shape index (κ1) is 16.7. The van der Waals surface area contributed by atoms with Gasteiger partial charge < -0.3 is 10.4 Å². The Bertz CT molecular complexity index is 746. The quantitative estimate of drug-likeness (QED) is 0.898. The minimum atomic E-state index is -0.705. The summed E-state index contributed by atoms with van der Waals surface area (Å²) in [7, 11) is 1.79. The van der Waals surface area contributed by atoms with Crippen LogP contribution < -0.4 is 5.32 Å². The molecular formula is C18H24N4O2. The summed E-state index contributed by atoms with van der Waals surface area (Å²) in [4.78, 5) is 14.6. The Labute approximate surface area is 142 Å². The summed E-state index contributed by atoms with van der Waals surface area (Å²) >= 11 is 0. The third-order valence-corrected chi connectivity index (χ3v) is 4.17. The van der Waals surface area contributed by atoms with E-state index in [1.165, 1.54) is 11.1 Å². The average molecular weight is 328 g/mol. The van der Waals surface area contributed by atoms with E-state index in [1.807, 2.05) is 26.0 Å². The van der Waals surface area contributed by atoms with Crippen LogP contribution in [0.15, 0.2) is 30.6 Å². The number of aryl methyl sites for hydroxylation is 1. The molecule has 0 saturated heterocycles. The van der Waals surface area contributed by atoms with E-state index < -0.39 is 5.60 Å². The van der Waals surface area contributed by atoms with Crippen LogP contribution in [0.25, 0.3) is 0 Å². The molecule has 0 atom stereocenters. The van der Waals surface area contributed by atoms with Crippen LogP contribution in [0.4, 0.5) is 5.69 Å². The van der Waals surface area contributed by atoms with Gasteiger partial charge in [0.05, 0.1) is 17.4 Å². The molecule has 1 aliphatic rings. The van der Waals surface area contributed by atoms with Crippen LogP contribution in [0.2, 0.25) is 0 Å². The van der Waals surface area contributed by atoms with E-state index in [0.717, 1.165) is 25.2 Å². The van der Waals surface area contributed by atoms with Gasteiger partial charge in [-0.2, -0.15) is 5.10 Å². The zero-order chi connectivity index (χ0) is 17.3. The number of benzene rings is 1. The summed E-state index contributed by atoms with van der Waals surface area (Å²) < 4.78 is 1.61. The standard InChI is InChI=1S/C18H24N4O2/c1-18(2,24)12-22-8-7-15-13(11-22)5-4-6-16(15)20-17(23)14-9-19-21(3)10-14/h4-6,9-10,24H,7-8,11-12H2,1-3H3,(H,20,23). The molecule has 2 heterocycles. The second-order valence-corrected chi connectivity index (χ2v) is 7.07. The summed E-state index contributed by atoms with van der Waals surface area (Å²) in [5.74, 6) is -0.143. The van der Waals surface area contributed by atoms with Gasteiger partial charge in [-0.05, 0) is 37.5 Å². The minimum absolute atomic E-state index is 0.143. The number of hydrogen-bond acceptors (Lipinski definition) is 4. The molecule has 1 aromatic carbocycles. The molecule has 2 N–H and O–H groups in total. The highest BCUT2D eigenvalue weighted by molar-refractivity contribution is 6.04. The van der Waals surface area contributed by atoms with Crippen molar-refractivity contribution in [1.82, 2.24) is 14.7 Å². The first-order valence-electron chi connectivity index (χ1n) is 8.17. The van der Waals surface area contributed by atoms with E-state index in [4.69, 9.17) is 0 Å². The van der Waals surface area contributed by atoms with Crippen molar-refractivity contribution >= 4 is 11.6 Å². The van der Waals surface area contributed by atoms with Crippen molar-refractivity contribution in [3.8, 4) is 0 Å². The van der Waals surface area contributed by atoms with Gasteiger partial charge in [0, 0.05) is 38.6 Å². The molecule has 1 aliphatic heterocycles. The number of aliphatic hydroxyl groups is 1. The van der Waals surface area contributed by atoms with E-state index in [2.05, 4.69) is 21.4 Å². The number of aromatic nitrogens is 2. The number of carbonyl (C=O) groups excluding carboxylic acids is 1. The topological polar surface area (TPSA) is 70.4 Å². The molecule has 6 heteroatoms. The molecule has 0 bridgehead atoms. The van der Waals surface area contributed by atoms with Gasteiger partial charge in [-0.15, -0.1) is 0 Å². The van der Waals surface area contributed by atoms with Gasteiger partial charge in [-0.1, -0.05) is 12.1 Å². The molecule has 3 rings (SSSR count). The van der Waals surface area contributed by atoms with Crippen LogP contribution in [0, 0.1) is 0 Å². The number of rotatable bonds is 4. The van der Waals surface area contributed by atoms with Crippen molar-refractivity contribution in [2.75, 3.05) is 18.4 Å². The van der Waals surface area contributed by atoms with Crippen molar-refractivity contribution in [1.29, 1.82) is 0 Å². The maximum absolute atomic E-state index is 12.4. The Balaban J connectivity index is 1.76. The molecule has 2 aromatic rings. The van der Waals surface area contributed by atoms with Crippen molar-refractivity contribution in [3.05, 3.63) is 47.3 Å². The molecule has 0 fully saturated rings. The molecular weight excluding hydrogens is 304 g/mol. The summed E-state index contributed by atoms with van der Waals surface area (Å²) in [6.07, 6.45) is 4.13. The third kappa shape index (κ3) is 3.83. The SMILES string of the molecule is Cn1cc(C(=O)Nc2cccc3c2CCN(CC(C)(C)O)C3)cn1. The number of fused-ring (bicyclic) bond motifs is 1. The summed E-state index contributed by atoms with van der Waals surface area (Å²) in [6, 6.07) is 6.00. The van der Waals surface area contributed by atoms with E-state index >= 15 is 0 Å². The lowest BCUT2D eigenvalue weighted by Crippen LogP contribution is -2.41. The predicted octanol–water partition coefficient (Wildman–Crippen LogP) is 1.80. The molecule has 0 spiro atoms. The molecule has 128 valence electrons. The molecule has 24 heavy (non-hydrogen) atoms. The highest BCUT2D eigenvalue weighted by atomic mass is 16.3. The van der Waals surface area contributed by atoms with Crippen molar-refractivity contribution < 1.29 is 9.90 Å². The van der Waals surface area contributed by atoms with Crippen LogP contribution in [0.5, 0.6) is 0 Å². The van der Waals surface area contributed by atoms with Crippen LogP contribution in [-0.4, -0.2) is 44.4 Å². The second kappa shape index (κ2) is 6.37. The fraction of sp³-hybridized carbons (Fsp3) is 0.444. The van der Waals surface area contributed by atoms with Gasteiger partial charge in [0.2, 0.25) is 0 Å². The zero-order valence-electron chi connectivity index (χ0n) is 14.4. The van der Waals surface area contributed by atoms with Gasteiger partial charge in [0.1, 0.15) is 0 Å². The third-order valence-electron chi connectivity index (χ3n) is 4.17. The first-order chi connectivity index (χ1) is 11.3. The average Bonchev–Trinajstić information content (AvgIpc) is 2.92. The molecule has 1 amide bonds. The van der Waals surface area contributed by atoms with Crippen LogP contribution >= 0.6 is 0 Å². The molecule has 0 aliphatic carbocycles. The van der Waals surface area contributed by atoms with Crippen LogP contribution in [-0.2, 0) is 20.0 Å². The number of anilines is 1. The summed E-state index contributed by atoms with van der Waals surface area (Å²) in [6.45, 7) is 5.95. The monoisotopic (exact) mass is 328 g/mol. The molecule has 6 nitrogen and oxygen atoms in total. The number of β-amino-alcohol motifs (C(OH)–C–C–N with tert-alkyl or cyclic N) is 1. The van der Waals surface area contributed by atoms with Gasteiger partial charge in [-0.25, -0.2) is 0 Å². The number of carbonyl (C=O) groups is 1. The highest BCUT2D eigenvalue weighted by Gasteiger charge is 2.24. The van der Waals surface area contributed by atoms with Crippen LogP contribution in [0.3, 0.4) is 0 Å². The van der Waals surface area contributed by atoms with Crippen molar-refractivity contribution in [2.45, 2.75) is 32.4 Å². The normalized spacial score (nSPS) is 15.2. The van der Waals surface area contributed by atoms with E-state index in [0.29, 0.717) is 12.1 Å². The second-order valence-electron chi connectivity index (χ2n) is 7.07. The predicted molar refractivity (Wildman–Crippen MR) is 92.9 cm³/mol.